The van der Waals surface area contributed by atoms with Crippen molar-refractivity contribution in [3.05, 3.63) is 28.8 Å². The Bertz CT molecular complexity index is 451. The van der Waals surface area contributed by atoms with E-state index in [0.717, 1.165) is 17.9 Å². The van der Waals surface area contributed by atoms with Gasteiger partial charge in [-0.3, -0.25) is 4.79 Å². The Kier molecular flexibility index (Phi) is 4.09. The van der Waals surface area contributed by atoms with E-state index in [0.29, 0.717) is 18.0 Å². The van der Waals surface area contributed by atoms with Gasteiger partial charge in [-0.25, -0.2) is 0 Å². The molecule has 0 aromatic heterocycles. The van der Waals surface area contributed by atoms with Crippen molar-refractivity contribution in [1.29, 1.82) is 0 Å². The second kappa shape index (κ2) is 5.59. The highest BCUT2D eigenvalue weighted by Gasteiger charge is 2.31. The molecule has 1 atom stereocenters. The highest BCUT2D eigenvalue weighted by Crippen LogP contribution is 2.31. The Morgan fingerprint density at radius 2 is 2.39 bits per heavy atom. The van der Waals surface area contributed by atoms with E-state index < -0.39 is 6.10 Å². The third-order valence-corrected chi connectivity index (χ3v) is 3.28. The van der Waals surface area contributed by atoms with Crippen molar-refractivity contribution < 1.29 is 9.53 Å². The number of amides is 1. The minimum Gasteiger partial charge on any atom is -0.480 e. The molecule has 1 aliphatic heterocycles. The molecule has 1 aromatic carbocycles. The maximum atomic E-state index is 12.1. The van der Waals surface area contributed by atoms with Crippen molar-refractivity contribution in [2.45, 2.75) is 12.5 Å². The fourth-order valence-electron chi connectivity index (χ4n) is 1.99. The summed E-state index contributed by atoms with van der Waals surface area (Å²) in [6, 6.07) is 5.45. The Labute approximate surface area is 112 Å². The first-order chi connectivity index (χ1) is 8.61. The van der Waals surface area contributed by atoms with Crippen LogP contribution in [-0.4, -0.2) is 44.1 Å². The minimum absolute atomic E-state index is 0.0116. The van der Waals surface area contributed by atoms with E-state index in [2.05, 4.69) is 5.32 Å². The van der Waals surface area contributed by atoms with Gasteiger partial charge in [-0.2, -0.15) is 0 Å². The highest BCUT2D eigenvalue weighted by molar-refractivity contribution is 6.30. The molecule has 1 N–H and O–H groups in total. The summed E-state index contributed by atoms with van der Waals surface area (Å²) < 4.78 is 5.65. The largest absolute Gasteiger partial charge is 0.480 e. The van der Waals surface area contributed by atoms with Crippen molar-refractivity contribution in [1.82, 2.24) is 10.2 Å². The predicted molar refractivity (Wildman–Crippen MR) is 71.1 cm³/mol. The van der Waals surface area contributed by atoms with Gasteiger partial charge in [0.25, 0.3) is 5.91 Å². The van der Waals surface area contributed by atoms with Gasteiger partial charge in [0.15, 0.2) is 6.10 Å². The van der Waals surface area contributed by atoms with Crippen LogP contribution in [0.25, 0.3) is 0 Å². The molecule has 0 saturated carbocycles. The van der Waals surface area contributed by atoms with E-state index >= 15 is 0 Å². The Morgan fingerprint density at radius 3 is 3.11 bits per heavy atom. The molecule has 4 nitrogen and oxygen atoms in total. The first-order valence-corrected chi connectivity index (χ1v) is 6.34. The summed E-state index contributed by atoms with van der Waals surface area (Å²) in [5, 5.41) is 3.69. The molecule has 0 radical (unpaired) electrons. The molecule has 0 aliphatic carbocycles. The fourth-order valence-corrected chi connectivity index (χ4v) is 2.19. The molecule has 0 bridgehead atoms. The lowest BCUT2D eigenvalue weighted by Crippen LogP contribution is -2.41. The van der Waals surface area contributed by atoms with Crippen LogP contribution < -0.4 is 10.1 Å². The van der Waals surface area contributed by atoms with Gasteiger partial charge in [0.2, 0.25) is 0 Å². The van der Waals surface area contributed by atoms with Crippen LogP contribution in [-0.2, 0) is 11.2 Å². The van der Waals surface area contributed by atoms with Gasteiger partial charge >= 0.3 is 0 Å². The zero-order valence-electron chi connectivity index (χ0n) is 10.6. The standard InChI is InChI=1S/C13H17ClN2O2/c1-15-5-6-16(2)13(17)12-8-9-7-10(14)3-4-11(9)18-12/h3-4,7,12,15H,5-6,8H2,1-2H3. The molecule has 1 aliphatic rings. The number of hydrogen-bond donors (Lipinski definition) is 1. The maximum absolute atomic E-state index is 12.1. The number of nitrogens with one attached hydrogen (secondary N) is 1. The SMILES string of the molecule is CNCCN(C)C(=O)C1Cc2cc(Cl)ccc2O1. The van der Waals surface area contributed by atoms with Gasteiger partial charge in [0, 0.05) is 31.6 Å². The molecule has 5 heteroatoms. The van der Waals surface area contributed by atoms with Crippen LogP contribution in [0.5, 0.6) is 5.75 Å². The van der Waals surface area contributed by atoms with E-state index in [9.17, 15) is 4.79 Å². The zero-order chi connectivity index (χ0) is 13.1. The van der Waals surface area contributed by atoms with Crippen LogP contribution >= 0.6 is 11.6 Å². The normalized spacial score (nSPS) is 17.2. The lowest BCUT2D eigenvalue weighted by Gasteiger charge is -2.20. The van der Waals surface area contributed by atoms with E-state index in [1.807, 2.05) is 19.2 Å². The number of rotatable bonds is 4. The van der Waals surface area contributed by atoms with Gasteiger partial charge in [0.05, 0.1) is 0 Å². The number of likely N-dealkylation sites (N-methyl/N-ethyl adjacent to an activating group) is 2. The average molecular weight is 269 g/mol. The number of carbonyl (C=O) groups excluding carboxylic acids is 1. The number of nitrogens with zero attached hydrogens (tertiary/aromatic N) is 1. The third kappa shape index (κ3) is 2.76. The molecule has 1 heterocycles. The summed E-state index contributed by atoms with van der Waals surface area (Å²) >= 11 is 5.92. The van der Waals surface area contributed by atoms with Crippen LogP contribution in [0.15, 0.2) is 18.2 Å². The number of hydrogen-bond acceptors (Lipinski definition) is 3. The summed E-state index contributed by atoms with van der Waals surface area (Å²) in [6.07, 6.45) is 0.179. The molecule has 1 aromatic rings. The predicted octanol–water partition coefficient (Wildman–Crippen LogP) is 1.32. The monoisotopic (exact) mass is 268 g/mol. The van der Waals surface area contributed by atoms with Crippen molar-refractivity contribution in [3.8, 4) is 5.75 Å². The van der Waals surface area contributed by atoms with Crippen molar-refractivity contribution in [3.63, 3.8) is 0 Å². The van der Waals surface area contributed by atoms with E-state index in [1.54, 1.807) is 18.0 Å². The van der Waals surface area contributed by atoms with E-state index in [1.165, 1.54) is 0 Å². The van der Waals surface area contributed by atoms with Crippen LogP contribution in [0.4, 0.5) is 0 Å². The number of fused-ring (bicyclic) bond motifs is 1. The van der Waals surface area contributed by atoms with Crippen LogP contribution in [0.1, 0.15) is 5.56 Å². The summed E-state index contributed by atoms with van der Waals surface area (Å²) in [5.41, 5.74) is 1.00. The van der Waals surface area contributed by atoms with Crippen LogP contribution in [0.2, 0.25) is 5.02 Å². The Balaban J connectivity index is 2.00. The van der Waals surface area contributed by atoms with Crippen molar-refractivity contribution in [2.24, 2.45) is 0 Å². The fraction of sp³-hybridized carbons (Fsp3) is 0.462. The third-order valence-electron chi connectivity index (χ3n) is 3.05. The van der Waals surface area contributed by atoms with Gasteiger partial charge in [-0.1, -0.05) is 11.6 Å². The topological polar surface area (TPSA) is 41.6 Å². The molecular formula is C13H17ClN2O2. The molecule has 98 valence electrons. The van der Waals surface area contributed by atoms with Gasteiger partial charge in [-0.15, -0.1) is 0 Å². The highest BCUT2D eigenvalue weighted by atomic mass is 35.5. The number of ether oxygens (including phenoxy) is 1. The number of benzene rings is 1. The number of carbonyl (C=O) groups is 1. The van der Waals surface area contributed by atoms with Crippen LogP contribution in [0.3, 0.4) is 0 Å². The van der Waals surface area contributed by atoms with Crippen molar-refractivity contribution >= 4 is 17.5 Å². The maximum Gasteiger partial charge on any atom is 0.263 e. The van der Waals surface area contributed by atoms with Gasteiger partial charge < -0.3 is 15.0 Å². The average Bonchev–Trinajstić information content (AvgIpc) is 2.77. The van der Waals surface area contributed by atoms with E-state index in [-0.39, 0.29) is 5.91 Å². The molecule has 0 fully saturated rings. The molecule has 18 heavy (non-hydrogen) atoms. The quantitative estimate of drug-likeness (QED) is 0.896. The smallest absolute Gasteiger partial charge is 0.263 e. The lowest BCUT2D eigenvalue weighted by molar-refractivity contribution is -0.136. The van der Waals surface area contributed by atoms with Gasteiger partial charge in [-0.05, 0) is 30.8 Å². The summed E-state index contributed by atoms with van der Waals surface area (Å²) in [6.45, 7) is 1.44. The summed E-state index contributed by atoms with van der Waals surface area (Å²) in [7, 11) is 3.65. The van der Waals surface area contributed by atoms with Gasteiger partial charge in [0.1, 0.15) is 5.75 Å². The molecule has 1 amide bonds. The Hall–Kier alpha value is -1.26. The summed E-state index contributed by atoms with van der Waals surface area (Å²) in [4.78, 5) is 13.8. The minimum atomic E-state index is -0.416. The molecule has 0 spiro atoms. The van der Waals surface area contributed by atoms with E-state index in [4.69, 9.17) is 16.3 Å². The summed E-state index contributed by atoms with van der Waals surface area (Å²) in [5.74, 6) is 0.775. The second-order valence-electron chi connectivity index (χ2n) is 4.43. The lowest BCUT2D eigenvalue weighted by atomic mass is 10.1. The molecular weight excluding hydrogens is 252 g/mol. The second-order valence-corrected chi connectivity index (χ2v) is 4.86. The van der Waals surface area contributed by atoms with Crippen LogP contribution in [0, 0.1) is 0 Å². The number of halogens is 1. The van der Waals surface area contributed by atoms with Crippen molar-refractivity contribution in [2.75, 3.05) is 27.2 Å². The zero-order valence-corrected chi connectivity index (χ0v) is 11.3. The first kappa shape index (κ1) is 13.2. The molecule has 1 unspecified atom stereocenters. The molecule has 2 rings (SSSR count). The molecule has 0 saturated heterocycles. The Morgan fingerprint density at radius 1 is 1.61 bits per heavy atom. The first-order valence-electron chi connectivity index (χ1n) is 5.96.